The van der Waals surface area contributed by atoms with Crippen LogP contribution < -0.4 is 0 Å². The Morgan fingerprint density at radius 2 is 1.44 bits per heavy atom. The van der Waals surface area contributed by atoms with Gasteiger partial charge in [0.25, 0.3) is 5.91 Å². The van der Waals surface area contributed by atoms with Crippen molar-refractivity contribution < 1.29 is 9.59 Å². The van der Waals surface area contributed by atoms with Crippen molar-refractivity contribution in [1.82, 2.24) is 24.2 Å². The molecule has 2 aromatic heterocycles. The number of aromatic nitrogens is 3. The first-order valence-electron chi connectivity index (χ1n) is 10.6. The van der Waals surface area contributed by atoms with Gasteiger partial charge >= 0.3 is 0 Å². The van der Waals surface area contributed by atoms with E-state index in [4.69, 9.17) is 0 Å². The fourth-order valence-corrected chi connectivity index (χ4v) is 4.04. The molecule has 0 saturated carbocycles. The van der Waals surface area contributed by atoms with E-state index in [0.29, 0.717) is 31.7 Å². The van der Waals surface area contributed by atoms with Crippen molar-refractivity contribution in [3.05, 3.63) is 78.8 Å². The maximum atomic E-state index is 12.9. The van der Waals surface area contributed by atoms with Crippen LogP contribution in [0.1, 0.15) is 17.3 Å². The van der Waals surface area contributed by atoms with E-state index in [0.717, 1.165) is 28.2 Å². The Kier molecular flexibility index (Phi) is 5.15. The van der Waals surface area contributed by atoms with E-state index in [1.807, 2.05) is 71.4 Å². The molecule has 0 unspecified atom stereocenters. The first-order chi connectivity index (χ1) is 15.6. The molecule has 1 saturated heterocycles. The summed E-state index contributed by atoms with van der Waals surface area (Å²) in [6, 6.07) is 17.6. The first-order valence-corrected chi connectivity index (χ1v) is 10.6. The van der Waals surface area contributed by atoms with Gasteiger partial charge in [-0.15, -0.1) is 0 Å². The summed E-state index contributed by atoms with van der Waals surface area (Å²) in [4.78, 5) is 37.1. The maximum absolute atomic E-state index is 12.9. The molecule has 1 aliphatic rings. The van der Waals surface area contributed by atoms with Gasteiger partial charge in [0, 0.05) is 56.0 Å². The normalized spacial score (nSPS) is 14.0. The van der Waals surface area contributed by atoms with Crippen LogP contribution in [0.2, 0.25) is 0 Å². The Hall–Kier alpha value is -4.00. The van der Waals surface area contributed by atoms with Crippen LogP contribution in [0.4, 0.5) is 0 Å². The molecule has 0 bridgehead atoms. The topological polar surface area (TPSA) is 70.8 Å². The number of imidazole rings is 1. The Labute approximate surface area is 185 Å². The molecule has 0 N–H and O–H groups in total. The molecule has 32 heavy (non-hydrogen) atoms. The average Bonchev–Trinajstić information content (AvgIpc) is 3.27. The van der Waals surface area contributed by atoms with Crippen molar-refractivity contribution in [3.63, 3.8) is 0 Å². The highest BCUT2D eigenvalue weighted by atomic mass is 16.2. The molecule has 2 aromatic carbocycles. The highest BCUT2D eigenvalue weighted by molar-refractivity contribution is 5.94. The van der Waals surface area contributed by atoms with Crippen molar-refractivity contribution in [2.45, 2.75) is 6.92 Å². The lowest BCUT2D eigenvalue weighted by molar-refractivity contribution is -0.130. The maximum Gasteiger partial charge on any atom is 0.253 e. The monoisotopic (exact) mass is 425 g/mol. The summed E-state index contributed by atoms with van der Waals surface area (Å²) in [7, 11) is 0. The summed E-state index contributed by atoms with van der Waals surface area (Å²) in [6.07, 6.45) is 5.60. The quantitative estimate of drug-likeness (QED) is 0.505. The Morgan fingerprint density at radius 3 is 2.12 bits per heavy atom. The van der Waals surface area contributed by atoms with Gasteiger partial charge in [0.2, 0.25) is 5.91 Å². The van der Waals surface area contributed by atoms with Crippen molar-refractivity contribution in [3.8, 4) is 22.6 Å². The molecule has 0 radical (unpaired) electrons. The molecule has 7 nitrogen and oxygen atoms in total. The minimum atomic E-state index is -0.0108. The number of hydrogen-bond donors (Lipinski definition) is 0. The minimum Gasteiger partial charge on any atom is -0.339 e. The summed E-state index contributed by atoms with van der Waals surface area (Å²) in [5, 5.41) is 0. The average molecular weight is 425 g/mol. The Bertz CT molecular complexity index is 1270. The van der Waals surface area contributed by atoms with Gasteiger partial charge in [0.1, 0.15) is 5.82 Å². The lowest BCUT2D eigenvalue weighted by Crippen LogP contribution is -2.50. The third kappa shape index (κ3) is 3.73. The lowest BCUT2D eigenvalue weighted by atomic mass is 10.1. The molecule has 1 aliphatic heterocycles. The van der Waals surface area contributed by atoms with Crippen LogP contribution in [0, 0.1) is 0 Å². The minimum absolute atomic E-state index is 0.0108. The molecule has 160 valence electrons. The molecule has 0 atom stereocenters. The number of carbonyl (C=O) groups excluding carboxylic acids is 2. The third-order valence-electron chi connectivity index (χ3n) is 5.88. The molecule has 0 aliphatic carbocycles. The van der Waals surface area contributed by atoms with Crippen molar-refractivity contribution in [2.75, 3.05) is 26.2 Å². The number of nitrogens with zero attached hydrogens (tertiary/aromatic N) is 5. The smallest absolute Gasteiger partial charge is 0.253 e. The largest absolute Gasteiger partial charge is 0.339 e. The van der Waals surface area contributed by atoms with E-state index < -0.39 is 0 Å². The van der Waals surface area contributed by atoms with Gasteiger partial charge in [-0.1, -0.05) is 42.5 Å². The van der Waals surface area contributed by atoms with Crippen LogP contribution in [0.15, 0.2) is 73.2 Å². The molecule has 3 heterocycles. The highest BCUT2D eigenvalue weighted by Gasteiger charge is 2.23. The second-order valence-electron chi connectivity index (χ2n) is 7.89. The summed E-state index contributed by atoms with van der Waals surface area (Å²) < 4.78 is 2.02. The summed E-state index contributed by atoms with van der Waals surface area (Å²) in [6.45, 7) is 3.84. The number of benzene rings is 2. The van der Waals surface area contributed by atoms with E-state index >= 15 is 0 Å². The zero-order chi connectivity index (χ0) is 22.1. The number of hydrogen-bond acceptors (Lipinski definition) is 4. The number of rotatable bonds is 3. The van der Waals surface area contributed by atoms with Crippen LogP contribution in [0.3, 0.4) is 0 Å². The van der Waals surface area contributed by atoms with Gasteiger partial charge in [0.05, 0.1) is 23.6 Å². The van der Waals surface area contributed by atoms with Crippen LogP contribution in [0.25, 0.3) is 28.2 Å². The zero-order valence-corrected chi connectivity index (χ0v) is 17.8. The molecular weight excluding hydrogens is 402 g/mol. The molecular formula is C25H23N5O2. The number of piperazine rings is 1. The second-order valence-corrected chi connectivity index (χ2v) is 7.89. The lowest BCUT2D eigenvalue weighted by Gasteiger charge is -2.34. The van der Waals surface area contributed by atoms with E-state index in [-0.39, 0.29) is 11.8 Å². The van der Waals surface area contributed by atoms with E-state index in [2.05, 4.69) is 9.97 Å². The zero-order valence-electron chi connectivity index (χ0n) is 17.8. The third-order valence-corrected chi connectivity index (χ3v) is 5.88. The fraction of sp³-hybridized carbons (Fsp3) is 0.200. The van der Waals surface area contributed by atoms with Crippen molar-refractivity contribution in [2.24, 2.45) is 0 Å². The molecule has 4 aromatic rings. The standard InChI is InChI=1S/C25H23N5O2/c1-18(31)28-11-13-29(14-12-28)25(32)21-9-7-20(8-10-21)24-27-16-22-15-26-23(17-30(22)24)19-5-3-2-4-6-19/h2-10,15-17H,11-14H2,1H3. The molecule has 7 heteroatoms. The van der Waals surface area contributed by atoms with Gasteiger partial charge in [-0.25, -0.2) is 4.98 Å². The molecule has 1 fully saturated rings. The molecule has 0 spiro atoms. The summed E-state index contributed by atoms with van der Waals surface area (Å²) in [5.41, 5.74) is 4.38. The molecule has 2 amide bonds. The summed E-state index contributed by atoms with van der Waals surface area (Å²) in [5.74, 6) is 0.843. The van der Waals surface area contributed by atoms with Crippen LogP contribution >= 0.6 is 0 Å². The first kappa shape index (κ1) is 19.9. The highest BCUT2D eigenvalue weighted by Crippen LogP contribution is 2.24. The number of amides is 2. The van der Waals surface area contributed by atoms with Crippen LogP contribution in [-0.4, -0.2) is 62.2 Å². The van der Waals surface area contributed by atoms with E-state index in [1.165, 1.54) is 0 Å². The van der Waals surface area contributed by atoms with Crippen molar-refractivity contribution in [1.29, 1.82) is 0 Å². The van der Waals surface area contributed by atoms with E-state index in [1.54, 1.807) is 22.9 Å². The SMILES string of the molecule is CC(=O)N1CCN(C(=O)c2ccc(-c3ncc4cnc(-c5ccccc5)cn34)cc2)CC1. The molecule has 5 rings (SSSR count). The summed E-state index contributed by atoms with van der Waals surface area (Å²) >= 11 is 0. The van der Waals surface area contributed by atoms with Crippen LogP contribution in [0.5, 0.6) is 0 Å². The van der Waals surface area contributed by atoms with Crippen molar-refractivity contribution >= 4 is 17.3 Å². The van der Waals surface area contributed by atoms with Gasteiger partial charge in [-0.2, -0.15) is 0 Å². The fourth-order valence-electron chi connectivity index (χ4n) is 4.04. The van der Waals surface area contributed by atoms with Gasteiger partial charge in [-0.3, -0.25) is 19.0 Å². The predicted octanol–water partition coefficient (Wildman–Crippen LogP) is 3.37. The number of carbonyl (C=O) groups is 2. The van der Waals surface area contributed by atoms with Gasteiger partial charge in [-0.05, 0) is 12.1 Å². The van der Waals surface area contributed by atoms with Gasteiger partial charge < -0.3 is 9.80 Å². The van der Waals surface area contributed by atoms with Crippen LogP contribution in [-0.2, 0) is 4.79 Å². The Balaban J connectivity index is 1.38. The number of fused-ring (bicyclic) bond motifs is 1. The Morgan fingerprint density at radius 1 is 0.781 bits per heavy atom. The predicted molar refractivity (Wildman–Crippen MR) is 122 cm³/mol. The second kappa shape index (κ2) is 8.26. The van der Waals surface area contributed by atoms with E-state index in [9.17, 15) is 9.59 Å². The van der Waals surface area contributed by atoms with Gasteiger partial charge in [0.15, 0.2) is 0 Å².